The number of benzene rings is 1. The number of hydroxylamine groups is 1. The van der Waals surface area contributed by atoms with Gasteiger partial charge in [0.1, 0.15) is 17.2 Å². The summed E-state index contributed by atoms with van der Waals surface area (Å²) in [5, 5.41) is 9.52. The zero-order valence-electron chi connectivity index (χ0n) is 11.0. The maximum atomic E-state index is 13.2. The van der Waals surface area contributed by atoms with Gasteiger partial charge in [0.05, 0.1) is 0 Å². The summed E-state index contributed by atoms with van der Waals surface area (Å²) >= 11 is 0. The number of carbonyl (C=O) groups excluding carboxylic acids is 1. The molecular formula is C15H12FN3O2. The second-order valence-electron chi connectivity index (χ2n) is 4.62. The summed E-state index contributed by atoms with van der Waals surface area (Å²) in [6.07, 6.45) is 1.82. The highest BCUT2D eigenvalue weighted by molar-refractivity contribution is 5.93. The summed E-state index contributed by atoms with van der Waals surface area (Å²) in [5.41, 5.74) is 3.06. The number of halogens is 1. The first-order valence-electron chi connectivity index (χ1n) is 6.32. The van der Waals surface area contributed by atoms with Crippen molar-refractivity contribution < 1.29 is 14.4 Å². The van der Waals surface area contributed by atoms with Crippen LogP contribution in [0, 0.1) is 5.82 Å². The van der Waals surface area contributed by atoms with E-state index < -0.39 is 5.91 Å². The molecule has 3 rings (SSSR count). The average Bonchev–Trinajstić information content (AvgIpc) is 2.89. The van der Waals surface area contributed by atoms with Gasteiger partial charge in [-0.05, 0) is 35.9 Å². The third-order valence-corrected chi connectivity index (χ3v) is 3.19. The number of nitrogens with zero attached hydrogens (tertiary/aromatic N) is 2. The van der Waals surface area contributed by atoms with Gasteiger partial charge in [0.25, 0.3) is 5.91 Å². The Bertz CT molecular complexity index is 814. The van der Waals surface area contributed by atoms with Crippen LogP contribution in [0.25, 0.3) is 11.0 Å². The molecule has 3 aromatic rings. The van der Waals surface area contributed by atoms with Gasteiger partial charge in [-0.25, -0.2) is 14.9 Å². The van der Waals surface area contributed by atoms with Crippen LogP contribution in [0.1, 0.15) is 16.1 Å². The maximum absolute atomic E-state index is 13.2. The molecule has 0 radical (unpaired) electrons. The average molecular weight is 285 g/mol. The molecule has 21 heavy (non-hydrogen) atoms. The molecule has 0 saturated heterocycles. The van der Waals surface area contributed by atoms with Crippen LogP contribution >= 0.6 is 0 Å². The fourth-order valence-corrected chi connectivity index (χ4v) is 2.20. The molecule has 2 N–H and O–H groups in total. The van der Waals surface area contributed by atoms with Crippen LogP contribution in [0.3, 0.4) is 0 Å². The van der Waals surface area contributed by atoms with E-state index in [2.05, 4.69) is 4.98 Å². The molecule has 0 unspecified atom stereocenters. The van der Waals surface area contributed by atoms with E-state index in [1.54, 1.807) is 17.6 Å². The van der Waals surface area contributed by atoms with Gasteiger partial charge >= 0.3 is 0 Å². The molecule has 106 valence electrons. The molecule has 5 nitrogen and oxygen atoms in total. The van der Waals surface area contributed by atoms with Crippen molar-refractivity contribution in [2.75, 3.05) is 0 Å². The Morgan fingerprint density at radius 3 is 2.90 bits per heavy atom. The van der Waals surface area contributed by atoms with Crippen molar-refractivity contribution in [1.82, 2.24) is 15.0 Å². The summed E-state index contributed by atoms with van der Waals surface area (Å²) in [4.78, 5) is 15.6. The number of amides is 1. The Balaban J connectivity index is 2.00. The molecule has 0 fully saturated rings. The summed E-state index contributed by atoms with van der Waals surface area (Å²) in [5.74, 6) is -0.965. The largest absolute Gasteiger partial charge is 0.328 e. The molecular weight excluding hydrogens is 273 g/mol. The number of rotatable bonds is 3. The van der Waals surface area contributed by atoms with Crippen LogP contribution in [-0.2, 0) is 6.54 Å². The van der Waals surface area contributed by atoms with Gasteiger partial charge < -0.3 is 4.57 Å². The zero-order chi connectivity index (χ0) is 14.8. The lowest BCUT2D eigenvalue weighted by atomic mass is 10.2. The van der Waals surface area contributed by atoms with E-state index in [9.17, 15) is 9.18 Å². The van der Waals surface area contributed by atoms with E-state index in [1.807, 2.05) is 22.9 Å². The van der Waals surface area contributed by atoms with Gasteiger partial charge in [-0.1, -0.05) is 12.1 Å². The summed E-state index contributed by atoms with van der Waals surface area (Å²) in [7, 11) is 0. The zero-order valence-corrected chi connectivity index (χ0v) is 11.0. The van der Waals surface area contributed by atoms with Gasteiger partial charge in [0, 0.05) is 18.1 Å². The molecule has 2 aromatic heterocycles. The van der Waals surface area contributed by atoms with Crippen molar-refractivity contribution in [3.05, 3.63) is 65.7 Å². The van der Waals surface area contributed by atoms with E-state index in [1.165, 1.54) is 18.2 Å². The minimum atomic E-state index is -0.671. The van der Waals surface area contributed by atoms with Crippen molar-refractivity contribution >= 4 is 16.9 Å². The molecule has 1 amide bonds. The molecule has 0 aliphatic heterocycles. The quantitative estimate of drug-likeness (QED) is 0.573. The number of nitrogens with one attached hydrogen (secondary N) is 1. The summed E-state index contributed by atoms with van der Waals surface area (Å²) in [6.45, 7) is 0.443. The lowest BCUT2D eigenvalue weighted by Gasteiger charge is -2.06. The number of carbonyl (C=O) groups is 1. The number of hydrogen-bond donors (Lipinski definition) is 2. The highest BCUT2D eigenvalue weighted by Gasteiger charge is 2.10. The van der Waals surface area contributed by atoms with Crippen LogP contribution in [0.5, 0.6) is 0 Å². The van der Waals surface area contributed by atoms with Crippen molar-refractivity contribution in [3.63, 3.8) is 0 Å². The van der Waals surface area contributed by atoms with E-state index in [-0.39, 0.29) is 11.5 Å². The van der Waals surface area contributed by atoms with Crippen LogP contribution in [0.4, 0.5) is 4.39 Å². The van der Waals surface area contributed by atoms with Crippen molar-refractivity contribution in [3.8, 4) is 0 Å². The van der Waals surface area contributed by atoms with E-state index in [0.717, 1.165) is 10.9 Å². The number of aromatic nitrogens is 2. The monoisotopic (exact) mass is 285 g/mol. The second-order valence-corrected chi connectivity index (χ2v) is 4.62. The predicted octanol–water partition coefficient (Wildman–Crippen LogP) is 2.34. The fraction of sp³-hybridized carbons (Fsp3) is 0.0667. The lowest BCUT2D eigenvalue weighted by molar-refractivity contribution is 0.0701. The Labute approximate surface area is 119 Å². The highest BCUT2D eigenvalue weighted by atomic mass is 19.1. The Morgan fingerprint density at radius 2 is 2.14 bits per heavy atom. The third-order valence-electron chi connectivity index (χ3n) is 3.19. The van der Waals surface area contributed by atoms with Crippen molar-refractivity contribution in [1.29, 1.82) is 0 Å². The third kappa shape index (κ3) is 2.61. The number of pyridine rings is 1. The highest BCUT2D eigenvalue weighted by Crippen LogP contribution is 2.16. The van der Waals surface area contributed by atoms with Crippen LogP contribution in [0.15, 0.2) is 48.7 Å². The standard InChI is InChI=1S/C15H12FN3O2/c16-12-3-1-2-10(8-12)9-19-7-6-11-4-5-13(15(20)18-21)17-14(11)19/h1-8,21H,9H2,(H,18,20). The first-order chi connectivity index (χ1) is 10.2. The Morgan fingerprint density at radius 1 is 1.29 bits per heavy atom. The Kier molecular flexibility index (Phi) is 3.37. The molecule has 0 spiro atoms. The van der Waals surface area contributed by atoms with E-state index >= 15 is 0 Å². The predicted molar refractivity (Wildman–Crippen MR) is 74.5 cm³/mol. The molecule has 6 heteroatoms. The minimum Gasteiger partial charge on any atom is -0.328 e. The second kappa shape index (κ2) is 5.34. The maximum Gasteiger partial charge on any atom is 0.293 e. The van der Waals surface area contributed by atoms with Crippen molar-refractivity contribution in [2.45, 2.75) is 6.54 Å². The van der Waals surface area contributed by atoms with Gasteiger partial charge in [-0.2, -0.15) is 0 Å². The topological polar surface area (TPSA) is 67.2 Å². The molecule has 0 aliphatic carbocycles. The molecule has 0 saturated carbocycles. The van der Waals surface area contributed by atoms with Crippen LogP contribution < -0.4 is 5.48 Å². The van der Waals surface area contributed by atoms with Gasteiger partial charge in [-0.15, -0.1) is 0 Å². The normalized spacial score (nSPS) is 10.8. The molecule has 0 aliphatic rings. The molecule has 0 atom stereocenters. The summed E-state index contributed by atoms with van der Waals surface area (Å²) in [6, 6.07) is 11.4. The smallest absolute Gasteiger partial charge is 0.293 e. The van der Waals surface area contributed by atoms with E-state index in [0.29, 0.717) is 12.2 Å². The molecule has 1 aromatic carbocycles. The van der Waals surface area contributed by atoms with E-state index in [4.69, 9.17) is 5.21 Å². The lowest BCUT2D eigenvalue weighted by Crippen LogP contribution is -2.20. The van der Waals surface area contributed by atoms with Gasteiger partial charge in [0.15, 0.2) is 0 Å². The van der Waals surface area contributed by atoms with Gasteiger partial charge in [0.2, 0.25) is 0 Å². The SMILES string of the molecule is O=C(NO)c1ccc2ccn(Cc3cccc(F)c3)c2n1. The Hall–Kier alpha value is -2.73. The number of fused-ring (bicyclic) bond motifs is 1. The fourth-order valence-electron chi connectivity index (χ4n) is 2.20. The summed E-state index contributed by atoms with van der Waals surface area (Å²) < 4.78 is 15.0. The van der Waals surface area contributed by atoms with Gasteiger partial charge in [-0.3, -0.25) is 10.0 Å². The first kappa shape index (κ1) is 13.3. The number of hydrogen-bond acceptors (Lipinski definition) is 3. The van der Waals surface area contributed by atoms with Crippen LogP contribution in [-0.4, -0.2) is 20.7 Å². The van der Waals surface area contributed by atoms with Crippen molar-refractivity contribution in [2.24, 2.45) is 0 Å². The molecule has 2 heterocycles. The first-order valence-corrected chi connectivity index (χ1v) is 6.32. The molecule has 0 bridgehead atoms. The minimum absolute atomic E-state index is 0.115. The van der Waals surface area contributed by atoms with Crippen LogP contribution in [0.2, 0.25) is 0 Å².